The first kappa shape index (κ1) is 41.9. The monoisotopic (exact) mass is 899 g/mol. The third-order valence-corrected chi connectivity index (χ3v) is 13.1. The molecule has 0 spiro atoms. The van der Waals surface area contributed by atoms with Crippen LogP contribution in [0.3, 0.4) is 0 Å². The Morgan fingerprint density at radius 2 is 0.514 bits per heavy atom. The maximum absolute atomic E-state index is 13.6. The predicted molar refractivity (Wildman–Crippen MR) is 282 cm³/mol. The van der Waals surface area contributed by atoms with Crippen molar-refractivity contribution in [2.75, 3.05) is 0 Å². The van der Waals surface area contributed by atoms with Crippen molar-refractivity contribution in [3.63, 3.8) is 0 Å². The SMILES string of the molecule is O=c1c2ccccc2nc2cc(-c3ccccc3-c3cc(-c4ccccc4-c4ccn5c(=O)c6ccccc6nc5c4)cc(-c4ccccc4-c4ccn5c(=O)c6ccccc6nc5c4)c3)ccn12.[B]. The van der Waals surface area contributed by atoms with Crippen molar-refractivity contribution in [1.29, 1.82) is 0 Å². The van der Waals surface area contributed by atoms with Crippen LogP contribution in [0.25, 0.3) is 116 Å². The number of rotatable bonds is 6. The van der Waals surface area contributed by atoms with E-state index >= 15 is 0 Å². The van der Waals surface area contributed by atoms with Crippen LogP contribution < -0.4 is 16.7 Å². The topological polar surface area (TPSA) is 103 Å². The zero-order chi connectivity index (χ0) is 46.2. The highest BCUT2D eigenvalue weighted by Gasteiger charge is 2.18. The highest BCUT2D eigenvalue weighted by molar-refractivity contribution is 5.95. The van der Waals surface area contributed by atoms with E-state index in [9.17, 15) is 14.4 Å². The third-order valence-electron chi connectivity index (χ3n) is 13.1. The van der Waals surface area contributed by atoms with Gasteiger partial charge in [0.05, 0.1) is 32.7 Å². The minimum atomic E-state index is -0.115. The Morgan fingerprint density at radius 1 is 0.271 bits per heavy atom. The van der Waals surface area contributed by atoms with E-state index in [0.29, 0.717) is 49.7 Å². The number of hydrogen-bond acceptors (Lipinski definition) is 6. The van der Waals surface area contributed by atoms with Crippen molar-refractivity contribution in [3.05, 3.63) is 250 Å². The van der Waals surface area contributed by atoms with Crippen molar-refractivity contribution in [1.82, 2.24) is 28.2 Å². The van der Waals surface area contributed by atoms with E-state index in [-0.39, 0.29) is 25.1 Å². The molecule has 13 rings (SSSR count). The standard InChI is InChI=1S/C60H36N6O3.B/c67-58-49-19-7-10-22-52(49)61-55-34-37(25-28-64(55)58)43-13-1-4-16-46(43)40-31-41(47-17-5-2-14-44(47)38-26-29-65-56(35-38)62-53-23-11-8-20-50(53)59(65)68)33-42(32-40)48-18-6-3-15-45(48)39-27-30-66-57(36-39)63-54-24-12-9-21-51(54)60(66)69;/h1-36H;. The van der Waals surface area contributed by atoms with Crippen LogP contribution in [0.1, 0.15) is 0 Å². The van der Waals surface area contributed by atoms with Gasteiger partial charge in [-0.1, -0.05) is 109 Å². The van der Waals surface area contributed by atoms with E-state index in [1.165, 1.54) is 0 Å². The van der Waals surface area contributed by atoms with E-state index in [1.807, 2.05) is 146 Å². The molecule has 0 N–H and O–H groups in total. The summed E-state index contributed by atoms with van der Waals surface area (Å²) in [7, 11) is 0. The van der Waals surface area contributed by atoms with Gasteiger partial charge in [-0.05, 0) is 158 Å². The maximum Gasteiger partial charge on any atom is 0.265 e. The highest BCUT2D eigenvalue weighted by atomic mass is 16.1. The molecule has 0 saturated heterocycles. The van der Waals surface area contributed by atoms with Crippen LogP contribution in [-0.2, 0) is 0 Å². The zero-order valence-electron chi connectivity index (χ0n) is 37.3. The summed E-state index contributed by atoms with van der Waals surface area (Å²) >= 11 is 0. The molecule has 3 radical (unpaired) electrons. The molecular formula is C60H36BN6O3. The van der Waals surface area contributed by atoms with Crippen molar-refractivity contribution in [3.8, 4) is 66.8 Å². The number of hydrogen-bond donors (Lipinski definition) is 0. The van der Waals surface area contributed by atoms with Gasteiger partial charge in [0.1, 0.15) is 16.9 Å². The molecule has 0 aliphatic carbocycles. The van der Waals surface area contributed by atoms with E-state index < -0.39 is 0 Å². The maximum atomic E-state index is 13.6. The molecule has 0 amide bonds. The molecule has 9 nitrogen and oxygen atoms in total. The molecular weight excluding hydrogens is 864 g/mol. The van der Waals surface area contributed by atoms with Crippen molar-refractivity contribution >= 4 is 58.1 Å². The van der Waals surface area contributed by atoms with Crippen molar-refractivity contribution < 1.29 is 0 Å². The fourth-order valence-corrected chi connectivity index (χ4v) is 9.81. The Balaban J connectivity index is 0.00000505. The molecule has 6 heterocycles. The highest BCUT2D eigenvalue weighted by Crippen LogP contribution is 2.42. The number of para-hydroxylation sites is 3. The second-order valence-electron chi connectivity index (χ2n) is 17.2. The molecule has 0 aliphatic rings. The fraction of sp³-hybridized carbons (Fsp3) is 0. The van der Waals surface area contributed by atoms with Gasteiger partial charge in [-0.3, -0.25) is 27.6 Å². The lowest BCUT2D eigenvalue weighted by Crippen LogP contribution is -2.14. The number of pyridine rings is 3. The first-order chi connectivity index (χ1) is 33.9. The first-order valence-electron chi connectivity index (χ1n) is 22.6. The molecule has 0 saturated carbocycles. The van der Waals surface area contributed by atoms with Gasteiger partial charge in [0.25, 0.3) is 16.7 Å². The minimum Gasteiger partial charge on any atom is -0.268 e. The lowest BCUT2D eigenvalue weighted by atomic mass is 9.86. The van der Waals surface area contributed by atoms with Gasteiger partial charge >= 0.3 is 0 Å². The molecule has 13 aromatic rings. The van der Waals surface area contributed by atoms with Gasteiger partial charge in [-0.25, -0.2) is 15.0 Å². The summed E-state index contributed by atoms with van der Waals surface area (Å²) in [5.74, 6) is 0. The number of aromatic nitrogens is 6. The van der Waals surface area contributed by atoms with Crippen molar-refractivity contribution in [2.24, 2.45) is 0 Å². The van der Waals surface area contributed by atoms with Crippen LogP contribution >= 0.6 is 0 Å². The molecule has 0 aliphatic heterocycles. The molecule has 70 heavy (non-hydrogen) atoms. The molecule has 0 unspecified atom stereocenters. The van der Waals surface area contributed by atoms with E-state index in [0.717, 1.165) is 66.8 Å². The van der Waals surface area contributed by atoms with Crippen LogP contribution in [0.15, 0.2) is 233 Å². The first-order valence-corrected chi connectivity index (χ1v) is 22.6. The van der Waals surface area contributed by atoms with Gasteiger partial charge < -0.3 is 0 Å². The molecule has 0 fully saturated rings. The normalized spacial score (nSPS) is 11.5. The van der Waals surface area contributed by atoms with Gasteiger partial charge in [-0.2, -0.15) is 0 Å². The summed E-state index contributed by atoms with van der Waals surface area (Å²) in [4.78, 5) is 55.4. The molecule has 7 aromatic carbocycles. The Labute approximate surface area is 401 Å². The molecule has 0 atom stereocenters. The summed E-state index contributed by atoms with van der Waals surface area (Å²) in [6.07, 6.45) is 5.42. The van der Waals surface area contributed by atoms with Crippen LogP contribution in [0, 0.1) is 0 Å². The largest absolute Gasteiger partial charge is 0.268 e. The van der Waals surface area contributed by atoms with Crippen molar-refractivity contribution in [2.45, 2.75) is 0 Å². The number of nitrogens with zero attached hydrogens (tertiary/aromatic N) is 6. The van der Waals surface area contributed by atoms with Crippen LogP contribution in [0.5, 0.6) is 0 Å². The number of fused-ring (bicyclic) bond motifs is 6. The molecule has 10 heteroatoms. The molecule has 6 aromatic heterocycles. The summed E-state index contributed by atoms with van der Waals surface area (Å²) < 4.78 is 4.80. The Morgan fingerprint density at radius 3 is 0.800 bits per heavy atom. The summed E-state index contributed by atoms with van der Waals surface area (Å²) in [6.45, 7) is 0. The minimum absolute atomic E-state index is 0. The van der Waals surface area contributed by atoms with Gasteiger partial charge in [0.15, 0.2) is 0 Å². The van der Waals surface area contributed by atoms with E-state index in [1.54, 1.807) is 31.4 Å². The smallest absolute Gasteiger partial charge is 0.265 e. The van der Waals surface area contributed by atoms with Gasteiger partial charge in [-0.15, -0.1) is 0 Å². The van der Waals surface area contributed by atoms with Crippen LogP contribution in [0.2, 0.25) is 0 Å². The van der Waals surface area contributed by atoms with E-state index in [4.69, 9.17) is 15.0 Å². The second kappa shape index (κ2) is 16.7. The Kier molecular flexibility index (Phi) is 9.96. The Bertz CT molecular complexity index is 4020. The van der Waals surface area contributed by atoms with Gasteiger partial charge in [0.2, 0.25) is 0 Å². The lowest BCUT2D eigenvalue weighted by molar-refractivity contribution is 1.08. The summed E-state index contributed by atoms with van der Waals surface area (Å²) in [6, 6.07) is 65.8. The van der Waals surface area contributed by atoms with Crippen LogP contribution in [0.4, 0.5) is 0 Å². The summed E-state index contributed by atoms with van der Waals surface area (Å²) in [5.41, 5.74) is 14.8. The average molecular weight is 900 g/mol. The average Bonchev–Trinajstić information content (AvgIpc) is 3.40. The van der Waals surface area contributed by atoms with Gasteiger partial charge in [0, 0.05) is 27.0 Å². The third kappa shape index (κ3) is 6.88. The quantitative estimate of drug-likeness (QED) is 0.122. The van der Waals surface area contributed by atoms with E-state index in [2.05, 4.69) is 54.6 Å². The lowest BCUT2D eigenvalue weighted by Gasteiger charge is -2.18. The fourth-order valence-electron chi connectivity index (χ4n) is 9.81. The predicted octanol–water partition coefficient (Wildman–Crippen LogP) is 11.8. The second-order valence-corrected chi connectivity index (χ2v) is 17.2. The van der Waals surface area contributed by atoms with Crippen LogP contribution in [-0.4, -0.2) is 36.6 Å². The molecule has 0 bridgehead atoms. The molecule has 327 valence electrons. The summed E-state index contributed by atoms with van der Waals surface area (Å²) in [5, 5.41) is 1.70. The number of benzene rings is 7. The zero-order valence-corrected chi connectivity index (χ0v) is 37.3. The Hall–Kier alpha value is -9.54.